The van der Waals surface area contributed by atoms with Crippen LogP contribution in [0.4, 0.5) is 0 Å². The first-order valence-corrected chi connectivity index (χ1v) is 10.4. The normalized spacial score (nSPS) is 19.4. The molecule has 154 valence electrons. The minimum absolute atomic E-state index is 0.223. The van der Waals surface area contributed by atoms with Crippen molar-refractivity contribution in [3.63, 3.8) is 0 Å². The van der Waals surface area contributed by atoms with Crippen LogP contribution in [0.1, 0.15) is 68.7 Å². The van der Waals surface area contributed by atoms with Crippen LogP contribution < -0.4 is 0 Å². The van der Waals surface area contributed by atoms with E-state index in [0.717, 1.165) is 48.5 Å². The lowest BCUT2D eigenvalue weighted by Gasteiger charge is -2.26. The molecule has 0 bridgehead atoms. The van der Waals surface area contributed by atoms with Gasteiger partial charge in [-0.25, -0.2) is 9.67 Å². The molecule has 0 spiro atoms. The van der Waals surface area contributed by atoms with Crippen molar-refractivity contribution in [1.29, 1.82) is 0 Å². The van der Waals surface area contributed by atoms with Crippen LogP contribution >= 0.6 is 0 Å². The van der Waals surface area contributed by atoms with Gasteiger partial charge in [-0.1, -0.05) is 57.5 Å². The molecule has 6 nitrogen and oxygen atoms in total. The first-order chi connectivity index (χ1) is 14.0. The molecule has 0 radical (unpaired) electrons. The molecule has 1 N–H and O–H groups in total. The van der Waals surface area contributed by atoms with Crippen LogP contribution in [0.15, 0.2) is 41.4 Å². The van der Waals surface area contributed by atoms with Crippen molar-refractivity contribution in [2.45, 2.75) is 64.3 Å². The number of unbranched alkanes of at least 4 members (excludes halogenated alkanes) is 1. The summed E-state index contributed by atoms with van der Waals surface area (Å²) in [6, 6.07) is 7.76. The van der Waals surface area contributed by atoms with E-state index in [1.54, 1.807) is 18.4 Å². The van der Waals surface area contributed by atoms with Crippen LogP contribution in [-0.4, -0.2) is 38.6 Å². The number of aryl methyl sites for hydroxylation is 1. The third kappa shape index (κ3) is 4.47. The Morgan fingerprint density at radius 1 is 1.28 bits per heavy atom. The molecule has 1 aliphatic heterocycles. The average Bonchev–Trinajstić information content (AvgIpc) is 3.15. The summed E-state index contributed by atoms with van der Waals surface area (Å²) in [5.74, 6) is 1.39. The summed E-state index contributed by atoms with van der Waals surface area (Å²) in [6.45, 7) is 7.34. The second kappa shape index (κ2) is 9.16. The summed E-state index contributed by atoms with van der Waals surface area (Å²) in [6.07, 6.45) is 9.21. The van der Waals surface area contributed by atoms with E-state index in [2.05, 4.69) is 25.8 Å². The number of allylic oxidation sites excluding steroid dienone is 1. The number of aromatic nitrogens is 3. The van der Waals surface area contributed by atoms with Crippen LogP contribution in [0.3, 0.4) is 0 Å². The number of carboxylic acid groups (broad SMARTS) is 1. The Kier molecular flexibility index (Phi) is 6.62. The van der Waals surface area contributed by atoms with E-state index in [4.69, 9.17) is 10.1 Å². The summed E-state index contributed by atoms with van der Waals surface area (Å²) in [4.78, 5) is 20.9. The number of aliphatic imine (C=N–C) groups is 1. The van der Waals surface area contributed by atoms with E-state index < -0.39 is 11.4 Å². The Balaban J connectivity index is 1.84. The number of dihydropyridines is 1. The van der Waals surface area contributed by atoms with Gasteiger partial charge < -0.3 is 5.11 Å². The van der Waals surface area contributed by atoms with Crippen molar-refractivity contribution in [2.75, 3.05) is 6.54 Å². The molecule has 2 heterocycles. The standard InChI is InChI=1S/C23H30N4O2/c1-4-6-8-20-25-21(17(3)5-2)26-27(20)15-18-9-11-19(12-10-18)23(22(28)29)13-7-14-24-16-23/h7,9-14,17H,4-6,8,15-16H2,1-3H3,(H,28,29). The van der Waals surface area contributed by atoms with Gasteiger partial charge >= 0.3 is 5.97 Å². The van der Waals surface area contributed by atoms with Gasteiger partial charge in [0.1, 0.15) is 11.2 Å². The quantitative estimate of drug-likeness (QED) is 0.693. The zero-order valence-corrected chi connectivity index (χ0v) is 17.5. The fourth-order valence-corrected chi connectivity index (χ4v) is 3.48. The number of rotatable bonds is 9. The topological polar surface area (TPSA) is 80.4 Å². The highest BCUT2D eigenvalue weighted by Crippen LogP contribution is 2.29. The largest absolute Gasteiger partial charge is 0.480 e. The molecule has 1 aromatic heterocycles. The fraction of sp³-hybridized carbons (Fsp3) is 0.478. The molecule has 0 amide bonds. The molecular weight excluding hydrogens is 364 g/mol. The number of benzene rings is 1. The lowest BCUT2D eigenvalue weighted by atomic mass is 9.79. The predicted molar refractivity (Wildman–Crippen MR) is 115 cm³/mol. The molecule has 2 aromatic rings. The fourth-order valence-electron chi connectivity index (χ4n) is 3.48. The Hall–Kier alpha value is -2.76. The highest BCUT2D eigenvalue weighted by Gasteiger charge is 2.38. The molecule has 3 rings (SSSR count). The molecule has 2 atom stereocenters. The summed E-state index contributed by atoms with van der Waals surface area (Å²) >= 11 is 0. The minimum atomic E-state index is -1.09. The van der Waals surface area contributed by atoms with Gasteiger partial charge in [-0.05, 0) is 30.0 Å². The predicted octanol–water partition coefficient (Wildman–Crippen LogP) is 4.15. The van der Waals surface area contributed by atoms with Gasteiger partial charge in [-0.15, -0.1) is 0 Å². The van der Waals surface area contributed by atoms with Crippen molar-refractivity contribution >= 4 is 12.2 Å². The second-order valence-electron chi connectivity index (χ2n) is 7.78. The summed E-state index contributed by atoms with van der Waals surface area (Å²) < 4.78 is 2.00. The lowest BCUT2D eigenvalue weighted by molar-refractivity contribution is -0.141. The molecule has 1 aliphatic rings. The van der Waals surface area contributed by atoms with Gasteiger partial charge in [0.15, 0.2) is 5.82 Å². The van der Waals surface area contributed by atoms with Crippen LogP contribution in [0.5, 0.6) is 0 Å². The van der Waals surface area contributed by atoms with Gasteiger partial charge in [0.25, 0.3) is 0 Å². The molecule has 1 aromatic carbocycles. The summed E-state index contributed by atoms with van der Waals surface area (Å²) in [7, 11) is 0. The minimum Gasteiger partial charge on any atom is -0.480 e. The number of carboxylic acids is 1. The molecule has 0 saturated heterocycles. The monoisotopic (exact) mass is 394 g/mol. The first kappa shape index (κ1) is 21.0. The molecule has 0 saturated carbocycles. The average molecular weight is 395 g/mol. The van der Waals surface area contributed by atoms with Crippen molar-refractivity contribution in [2.24, 2.45) is 4.99 Å². The Morgan fingerprint density at radius 3 is 2.62 bits per heavy atom. The van der Waals surface area contributed by atoms with Crippen LogP contribution in [0, 0.1) is 0 Å². The zero-order valence-electron chi connectivity index (χ0n) is 17.5. The SMILES string of the molecule is CCCCc1nc(C(C)CC)nn1Cc1ccc(C2(C(=O)O)C=CC=NC2)cc1. The Morgan fingerprint density at radius 2 is 2.03 bits per heavy atom. The molecule has 2 unspecified atom stereocenters. The van der Waals surface area contributed by atoms with E-state index in [0.29, 0.717) is 12.5 Å². The van der Waals surface area contributed by atoms with Crippen LogP contribution in [0.2, 0.25) is 0 Å². The molecule has 29 heavy (non-hydrogen) atoms. The number of hydrogen-bond donors (Lipinski definition) is 1. The Bertz CT molecular complexity index is 898. The maximum Gasteiger partial charge on any atom is 0.319 e. The van der Waals surface area contributed by atoms with Gasteiger partial charge in [-0.3, -0.25) is 9.79 Å². The highest BCUT2D eigenvalue weighted by molar-refractivity contribution is 5.88. The number of carbonyl (C=O) groups is 1. The van der Waals surface area contributed by atoms with Gasteiger partial charge in [0, 0.05) is 18.6 Å². The van der Waals surface area contributed by atoms with E-state index in [-0.39, 0.29) is 6.54 Å². The van der Waals surface area contributed by atoms with Crippen molar-refractivity contribution in [3.8, 4) is 0 Å². The summed E-state index contributed by atoms with van der Waals surface area (Å²) in [5, 5.41) is 14.6. The van der Waals surface area contributed by atoms with Crippen molar-refractivity contribution in [3.05, 3.63) is 59.2 Å². The molecule has 6 heteroatoms. The van der Waals surface area contributed by atoms with Crippen LogP contribution in [0.25, 0.3) is 0 Å². The highest BCUT2D eigenvalue weighted by atomic mass is 16.4. The van der Waals surface area contributed by atoms with E-state index in [9.17, 15) is 9.90 Å². The van der Waals surface area contributed by atoms with E-state index in [1.807, 2.05) is 28.9 Å². The van der Waals surface area contributed by atoms with Crippen molar-refractivity contribution in [1.82, 2.24) is 14.8 Å². The smallest absolute Gasteiger partial charge is 0.319 e. The summed E-state index contributed by atoms with van der Waals surface area (Å²) in [5.41, 5.74) is 0.735. The number of aliphatic carboxylic acids is 1. The Labute approximate surface area is 172 Å². The molecule has 0 aliphatic carbocycles. The van der Waals surface area contributed by atoms with Crippen molar-refractivity contribution < 1.29 is 9.90 Å². The maximum atomic E-state index is 11.9. The lowest BCUT2D eigenvalue weighted by Crippen LogP contribution is -2.38. The number of nitrogens with zero attached hydrogens (tertiary/aromatic N) is 4. The second-order valence-corrected chi connectivity index (χ2v) is 7.78. The zero-order chi connectivity index (χ0) is 20.9. The van der Waals surface area contributed by atoms with Crippen LogP contribution in [-0.2, 0) is 23.2 Å². The van der Waals surface area contributed by atoms with Gasteiger partial charge in [0.05, 0.1) is 13.1 Å². The third-order valence-electron chi connectivity index (χ3n) is 5.67. The molecular formula is C23H30N4O2. The third-order valence-corrected chi connectivity index (χ3v) is 5.67. The van der Waals surface area contributed by atoms with E-state index >= 15 is 0 Å². The number of hydrogen-bond acceptors (Lipinski definition) is 4. The first-order valence-electron chi connectivity index (χ1n) is 10.4. The van der Waals surface area contributed by atoms with Gasteiger partial charge in [-0.2, -0.15) is 5.10 Å². The van der Waals surface area contributed by atoms with E-state index in [1.165, 1.54) is 0 Å². The molecule has 0 fully saturated rings. The maximum absolute atomic E-state index is 11.9. The van der Waals surface area contributed by atoms with Gasteiger partial charge in [0.2, 0.25) is 0 Å².